The van der Waals surface area contributed by atoms with Crippen LogP contribution in [0.4, 0.5) is 4.39 Å². The van der Waals surface area contributed by atoms with Crippen LogP contribution in [0.15, 0.2) is 6.20 Å². The molecule has 0 radical (unpaired) electrons. The van der Waals surface area contributed by atoms with Gasteiger partial charge in [0.1, 0.15) is 0 Å². The topological polar surface area (TPSA) is 58.4 Å². The molecule has 1 aromatic heterocycles. The zero-order chi connectivity index (χ0) is 16.7. The van der Waals surface area contributed by atoms with Gasteiger partial charge < -0.3 is 9.80 Å². The summed E-state index contributed by atoms with van der Waals surface area (Å²) in [5.41, 5.74) is -0.368. The second kappa shape index (κ2) is 5.86. The number of halogens is 1. The van der Waals surface area contributed by atoms with E-state index in [1.165, 1.54) is 0 Å². The van der Waals surface area contributed by atoms with E-state index in [-0.39, 0.29) is 12.5 Å². The standard InChI is InChI=1S/C17H23FN4O2/c18-17(5-3-6-17)16(24)21-9-4-10-22-14(12-21)13(11-19-22)15(23)20-7-1-2-8-20/h11H,1-10,12H2. The maximum atomic E-state index is 14.5. The molecule has 1 saturated carbocycles. The summed E-state index contributed by atoms with van der Waals surface area (Å²) in [6.07, 6.45) is 5.82. The molecule has 130 valence electrons. The molecule has 4 rings (SSSR count). The van der Waals surface area contributed by atoms with Crippen molar-refractivity contribution in [1.29, 1.82) is 0 Å². The lowest BCUT2D eigenvalue weighted by atomic mass is 9.81. The molecule has 2 aliphatic heterocycles. The molecule has 0 atom stereocenters. The van der Waals surface area contributed by atoms with E-state index in [9.17, 15) is 14.0 Å². The molecule has 2 fully saturated rings. The number of carbonyl (C=O) groups is 2. The fourth-order valence-corrected chi connectivity index (χ4v) is 3.87. The number of alkyl halides is 1. The predicted molar refractivity (Wildman–Crippen MR) is 85.1 cm³/mol. The Bertz CT molecular complexity index is 662. The second-order valence-corrected chi connectivity index (χ2v) is 7.13. The number of likely N-dealkylation sites (tertiary alicyclic amines) is 1. The Kier molecular flexibility index (Phi) is 3.81. The van der Waals surface area contributed by atoms with Crippen molar-refractivity contribution >= 4 is 11.8 Å². The number of rotatable bonds is 2. The largest absolute Gasteiger partial charge is 0.339 e. The Morgan fingerprint density at radius 3 is 2.38 bits per heavy atom. The third-order valence-corrected chi connectivity index (χ3v) is 5.53. The number of aryl methyl sites for hydroxylation is 1. The monoisotopic (exact) mass is 334 g/mol. The van der Waals surface area contributed by atoms with Crippen molar-refractivity contribution in [3.63, 3.8) is 0 Å². The zero-order valence-electron chi connectivity index (χ0n) is 13.8. The fraction of sp³-hybridized carbons (Fsp3) is 0.706. The van der Waals surface area contributed by atoms with E-state index < -0.39 is 11.6 Å². The summed E-state index contributed by atoms with van der Waals surface area (Å²) >= 11 is 0. The van der Waals surface area contributed by atoms with Crippen molar-refractivity contribution in [3.05, 3.63) is 17.5 Å². The Morgan fingerprint density at radius 1 is 1.00 bits per heavy atom. The highest BCUT2D eigenvalue weighted by Gasteiger charge is 2.47. The van der Waals surface area contributed by atoms with Crippen molar-refractivity contribution in [2.24, 2.45) is 0 Å². The first-order valence-electron chi connectivity index (χ1n) is 8.91. The van der Waals surface area contributed by atoms with Gasteiger partial charge in [-0.25, -0.2) is 4.39 Å². The molecule has 1 saturated heterocycles. The Balaban J connectivity index is 1.58. The molecule has 0 aromatic carbocycles. The summed E-state index contributed by atoms with van der Waals surface area (Å²) in [7, 11) is 0. The molecule has 6 nitrogen and oxygen atoms in total. The normalized spacial score (nSPS) is 22.7. The predicted octanol–water partition coefficient (Wildman–Crippen LogP) is 1.74. The van der Waals surface area contributed by atoms with Crippen LogP contribution in [-0.2, 0) is 17.9 Å². The van der Waals surface area contributed by atoms with E-state index in [2.05, 4.69) is 5.10 Å². The average molecular weight is 334 g/mol. The van der Waals surface area contributed by atoms with Gasteiger partial charge in [-0.3, -0.25) is 14.3 Å². The number of hydrogen-bond donors (Lipinski definition) is 0. The van der Waals surface area contributed by atoms with Crippen LogP contribution in [0, 0.1) is 0 Å². The first-order valence-corrected chi connectivity index (χ1v) is 8.91. The van der Waals surface area contributed by atoms with Gasteiger partial charge in [0.15, 0.2) is 5.67 Å². The van der Waals surface area contributed by atoms with Gasteiger partial charge in [0, 0.05) is 26.2 Å². The van der Waals surface area contributed by atoms with Crippen LogP contribution in [0.5, 0.6) is 0 Å². The summed E-state index contributed by atoms with van der Waals surface area (Å²) in [5.74, 6) is -0.426. The molecular weight excluding hydrogens is 311 g/mol. The number of aromatic nitrogens is 2. The van der Waals surface area contributed by atoms with E-state index in [0.29, 0.717) is 31.5 Å². The van der Waals surface area contributed by atoms with E-state index in [1.54, 1.807) is 11.1 Å². The maximum Gasteiger partial charge on any atom is 0.260 e. The van der Waals surface area contributed by atoms with Crippen LogP contribution in [0.1, 0.15) is 54.6 Å². The minimum absolute atomic E-state index is 0.0124. The highest BCUT2D eigenvalue weighted by Crippen LogP contribution is 2.38. The van der Waals surface area contributed by atoms with E-state index >= 15 is 0 Å². The van der Waals surface area contributed by atoms with E-state index in [0.717, 1.165) is 44.5 Å². The molecular formula is C17H23FN4O2. The van der Waals surface area contributed by atoms with Gasteiger partial charge in [-0.1, -0.05) is 0 Å². The Labute approximate surface area is 140 Å². The van der Waals surface area contributed by atoms with Crippen molar-refractivity contribution in [2.45, 2.75) is 57.3 Å². The van der Waals surface area contributed by atoms with Gasteiger partial charge >= 0.3 is 0 Å². The third-order valence-electron chi connectivity index (χ3n) is 5.53. The SMILES string of the molecule is O=C(c1cnn2c1CN(C(=O)C1(F)CCC1)CCC2)N1CCCC1. The number of amides is 2. The molecule has 24 heavy (non-hydrogen) atoms. The average Bonchev–Trinajstić information content (AvgIpc) is 3.17. The lowest BCUT2D eigenvalue weighted by Crippen LogP contribution is -2.50. The van der Waals surface area contributed by atoms with Crippen LogP contribution in [-0.4, -0.2) is 56.7 Å². The molecule has 7 heteroatoms. The van der Waals surface area contributed by atoms with Crippen molar-refractivity contribution < 1.29 is 14.0 Å². The molecule has 2 amide bonds. The Morgan fingerprint density at radius 2 is 1.71 bits per heavy atom. The first kappa shape index (κ1) is 15.6. The summed E-state index contributed by atoms with van der Waals surface area (Å²) in [6, 6.07) is 0. The molecule has 0 N–H and O–H groups in total. The first-order chi connectivity index (χ1) is 11.6. The summed E-state index contributed by atoms with van der Waals surface area (Å²) in [4.78, 5) is 28.7. The molecule has 3 aliphatic rings. The van der Waals surface area contributed by atoms with Crippen LogP contribution in [0.25, 0.3) is 0 Å². The van der Waals surface area contributed by atoms with Gasteiger partial charge in [0.05, 0.1) is 24.0 Å². The molecule has 0 unspecified atom stereocenters. The highest BCUT2D eigenvalue weighted by molar-refractivity contribution is 5.95. The maximum absolute atomic E-state index is 14.5. The van der Waals surface area contributed by atoms with Gasteiger partial charge in [-0.05, 0) is 38.5 Å². The van der Waals surface area contributed by atoms with E-state index in [4.69, 9.17) is 0 Å². The highest BCUT2D eigenvalue weighted by atomic mass is 19.1. The van der Waals surface area contributed by atoms with Crippen molar-refractivity contribution in [2.75, 3.05) is 19.6 Å². The van der Waals surface area contributed by atoms with Crippen LogP contribution >= 0.6 is 0 Å². The van der Waals surface area contributed by atoms with Gasteiger partial charge in [0.25, 0.3) is 11.8 Å². The van der Waals surface area contributed by atoms with Crippen LogP contribution in [0.3, 0.4) is 0 Å². The number of fused-ring (bicyclic) bond motifs is 1. The van der Waals surface area contributed by atoms with Crippen LogP contribution in [0.2, 0.25) is 0 Å². The molecule has 0 bridgehead atoms. The summed E-state index contributed by atoms with van der Waals surface area (Å²) in [5, 5.41) is 4.34. The van der Waals surface area contributed by atoms with Gasteiger partial charge in [0.2, 0.25) is 0 Å². The minimum atomic E-state index is -1.69. The molecule has 1 aliphatic carbocycles. The van der Waals surface area contributed by atoms with Crippen molar-refractivity contribution in [1.82, 2.24) is 19.6 Å². The molecule has 1 aromatic rings. The fourth-order valence-electron chi connectivity index (χ4n) is 3.87. The quantitative estimate of drug-likeness (QED) is 0.828. The van der Waals surface area contributed by atoms with Gasteiger partial charge in [-0.15, -0.1) is 0 Å². The lowest BCUT2D eigenvalue weighted by molar-refractivity contribution is -0.150. The summed E-state index contributed by atoms with van der Waals surface area (Å²) in [6.45, 7) is 3.01. The number of carbonyl (C=O) groups excluding carboxylic acids is 2. The summed E-state index contributed by atoms with van der Waals surface area (Å²) < 4.78 is 16.3. The van der Waals surface area contributed by atoms with Crippen molar-refractivity contribution in [3.8, 4) is 0 Å². The smallest absolute Gasteiger partial charge is 0.260 e. The second-order valence-electron chi connectivity index (χ2n) is 7.13. The molecule has 3 heterocycles. The minimum Gasteiger partial charge on any atom is -0.339 e. The van der Waals surface area contributed by atoms with Crippen LogP contribution < -0.4 is 0 Å². The van der Waals surface area contributed by atoms with Gasteiger partial charge in [-0.2, -0.15) is 5.10 Å². The third kappa shape index (κ3) is 2.50. The number of nitrogens with zero attached hydrogens (tertiary/aromatic N) is 4. The molecule has 0 spiro atoms. The van der Waals surface area contributed by atoms with E-state index in [1.807, 2.05) is 9.58 Å². The Hall–Kier alpha value is -1.92. The zero-order valence-corrected chi connectivity index (χ0v) is 13.8. The lowest BCUT2D eigenvalue weighted by Gasteiger charge is -2.36. The number of hydrogen-bond acceptors (Lipinski definition) is 3.